The van der Waals surface area contributed by atoms with Crippen LogP contribution < -0.4 is 4.57 Å². The van der Waals surface area contributed by atoms with Gasteiger partial charge < -0.3 is 5.11 Å². The molecule has 1 N–H and O–H groups in total. The minimum Gasteiger partial charge on any atom is -0.396 e. The van der Waals surface area contributed by atoms with Gasteiger partial charge in [0.05, 0.1) is 13.6 Å². The van der Waals surface area contributed by atoms with Gasteiger partial charge in [0, 0.05) is 6.61 Å². The third-order valence-corrected chi connectivity index (χ3v) is 4.19. The number of nitrogens with zero attached hydrogens (tertiary/aromatic N) is 2. The van der Waals surface area contributed by atoms with Gasteiger partial charge in [0.25, 0.3) is 0 Å². The van der Waals surface area contributed by atoms with E-state index in [-0.39, 0.29) is 0 Å². The first-order valence-electron chi connectivity index (χ1n) is 8.37. The maximum Gasteiger partial charge on any atom is 0.244 e. The molecule has 0 unspecified atom stereocenters. The SMILES string of the molecule is C[n+]1cn(CCCCCCCCCCO)c2ccccc21. The third kappa shape index (κ3) is 4.85. The molecule has 116 valence electrons. The Balaban J connectivity index is 1.64. The van der Waals surface area contributed by atoms with E-state index in [1.165, 1.54) is 56.0 Å². The number of para-hydroxylation sites is 2. The highest BCUT2D eigenvalue weighted by atomic mass is 16.2. The Morgan fingerprint density at radius 2 is 1.52 bits per heavy atom. The van der Waals surface area contributed by atoms with Gasteiger partial charge in [-0.1, -0.05) is 44.2 Å². The van der Waals surface area contributed by atoms with Crippen molar-refractivity contribution in [3.05, 3.63) is 30.6 Å². The van der Waals surface area contributed by atoms with Crippen molar-refractivity contribution in [1.82, 2.24) is 4.57 Å². The molecule has 0 spiro atoms. The molecule has 3 heteroatoms. The van der Waals surface area contributed by atoms with Gasteiger partial charge in [0.2, 0.25) is 6.33 Å². The molecule has 0 atom stereocenters. The molecule has 21 heavy (non-hydrogen) atoms. The van der Waals surface area contributed by atoms with E-state index < -0.39 is 0 Å². The van der Waals surface area contributed by atoms with Crippen LogP contribution in [0.2, 0.25) is 0 Å². The van der Waals surface area contributed by atoms with Gasteiger partial charge in [0.15, 0.2) is 11.0 Å². The van der Waals surface area contributed by atoms with Crippen LogP contribution >= 0.6 is 0 Å². The molecule has 0 saturated carbocycles. The Kier molecular flexibility index (Phi) is 6.74. The molecule has 0 aliphatic heterocycles. The minimum atomic E-state index is 0.349. The minimum absolute atomic E-state index is 0.349. The highest BCUT2D eigenvalue weighted by molar-refractivity contribution is 5.71. The number of rotatable bonds is 10. The molecule has 3 nitrogen and oxygen atoms in total. The van der Waals surface area contributed by atoms with Crippen LogP contribution in [0.1, 0.15) is 51.4 Å². The van der Waals surface area contributed by atoms with Crippen LogP contribution in [0.5, 0.6) is 0 Å². The molecular formula is C18H29N2O+. The predicted molar refractivity (Wildman–Crippen MR) is 87.1 cm³/mol. The van der Waals surface area contributed by atoms with Crippen molar-refractivity contribution in [3.63, 3.8) is 0 Å². The summed E-state index contributed by atoms with van der Waals surface area (Å²) in [4.78, 5) is 0. The van der Waals surface area contributed by atoms with E-state index in [1.54, 1.807) is 0 Å². The number of fused-ring (bicyclic) bond motifs is 1. The Bertz CT molecular complexity index is 533. The van der Waals surface area contributed by atoms with Crippen LogP contribution in [0, 0.1) is 0 Å². The van der Waals surface area contributed by atoms with E-state index in [4.69, 9.17) is 5.11 Å². The average Bonchev–Trinajstić information content (AvgIpc) is 2.83. The summed E-state index contributed by atoms with van der Waals surface area (Å²) in [6.07, 6.45) is 12.2. The monoisotopic (exact) mass is 289 g/mol. The standard InChI is InChI=1S/C18H29N2O/c1-19-16-20(18-13-9-8-12-17(18)19)14-10-6-4-2-3-5-7-11-15-21/h8-9,12-13,16,21H,2-7,10-11,14-15H2,1H3/q+1. The van der Waals surface area contributed by atoms with Gasteiger partial charge in [-0.15, -0.1) is 0 Å². The number of imidazole rings is 1. The number of aliphatic hydroxyl groups is 1. The van der Waals surface area contributed by atoms with Crippen LogP contribution in [0.3, 0.4) is 0 Å². The first-order chi connectivity index (χ1) is 10.3. The van der Waals surface area contributed by atoms with Crippen molar-refractivity contribution in [2.24, 2.45) is 7.05 Å². The smallest absolute Gasteiger partial charge is 0.244 e. The zero-order chi connectivity index (χ0) is 14.9. The molecule has 0 amide bonds. The molecule has 1 aromatic heterocycles. The van der Waals surface area contributed by atoms with Gasteiger partial charge in [-0.05, 0) is 31.4 Å². The number of unbranched alkanes of at least 4 members (excludes halogenated alkanes) is 7. The molecule has 1 aromatic carbocycles. The highest BCUT2D eigenvalue weighted by Crippen LogP contribution is 2.13. The molecule has 0 saturated heterocycles. The second-order valence-corrected chi connectivity index (χ2v) is 5.96. The first kappa shape index (κ1) is 16.0. The fourth-order valence-electron chi connectivity index (χ4n) is 2.97. The molecule has 0 fully saturated rings. The van der Waals surface area contributed by atoms with E-state index in [0.29, 0.717) is 6.61 Å². The quantitative estimate of drug-likeness (QED) is 0.526. The number of aryl methyl sites for hydroxylation is 2. The second kappa shape index (κ2) is 8.83. The number of aliphatic hydroxyl groups excluding tert-OH is 1. The first-order valence-corrected chi connectivity index (χ1v) is 8.37. The molecule has 0 aliphatic carbocycles. The summed E-state index contributed by atoms with van der Waals surface area (Å²) in [5.74, 6) is 0. The van der Waals surface area contributed by atoms with Gasteiger partial charge in [-0.3, -0.25) is 0 Å². The topological polar surface area (TPSA) is 29.0 Å². The number of hydrogen-bond acceptors (Lipinski definition) is 1. The van der Waals surface area contributed by atoms with Crippen LogP contribution in [0.15, 0.2) is 30.6 Å². The zero-order valence-corrected chi connectivity index (χ0v) is 13.3. The van der Waals surface area contributed by atoms with E-state index in [1.807, 2.05) is 0 Å². The van der Waals surface area contributed by atoms with Crippen LogP contribution in [-0.4, -0.2) is 16.3 Å². The Labute approximate surface area is 128 Å². The Hall–Kier alpha value is -1.35. The number of hydrogen-bond donors (Lipinski definition) is 1. The van der Waals surface area contributed by atoms with Gasteiger partial charge in [0.1, 0.15) is 0 Å². The summed E-state index contributed by atoms with van der Waals surface area (Å²) in [5.41, 5.74) is 2.64. The number of benzene rings is 1. The molecule has 2 aromatic rings. The lowest BCUT2D eigenvalue weighted by Gasteiger charge is -2.01. The maximum atomic E-state index is 8.72. The molecule has 1 heterocycles. The van der Waals surface area contributed by atoms with Crippen molar-refractivity contribution in [1.29, 1.82) is 0 Å². The maximum absolute atomic E-state index is 8.72. The van der Waals surface area contributed by atoms with E-state index in [0.717, 1.165) is 13.0 Å². The van der Waals surface area contributed by atoms with Crippen molar-refractivity contribution < 1.29 is 9.67 Å². The van der Waals surface area contributed by atoms with Crippen molar-refractivity contribution in [3.8, 4) is 0 Å². The second-order valence-electron chi connectivity index (χ2n) is 5.96. The molecular weight excluding hydrogens is 260 g/mol. The number of aromatic nitrogens is 2. The fraction of sp³-hybridized carbons (Fsp3) is 0.611. The summed E-state index contributed by atoms with van der Waals surface area (Å²) in [5, 5.41) is 8.72. The van der Waals surface area contributed by atoms with E-state index in [9.17, 15) is 0 Å². The van der Waals surface area contributed by atoms with E-state index in [2.05, 4.69) is 46.8 Å². The molecule has 0 aliphatic rings. The largest absolute Gasteiger partial charge is 0.396 e. The molecule has 2 rings (SSSR count). The van der Waals surface area contributed by atoms with Crippen molar-refractivity contribution >= 4 is 11.0 Å². The highest BCUT2D eigenvalue weighted by Gasteiger charge is 2.11. The summed E-state index contributed by atoms with van der Waals surface area (Å²) in [7, 11) is 2.12. The summed E-state index contributed by atoms with van der Waals surface area (Å²) < 4.78 is 4.58. The van der Waals surface area contributed by atoms with Crippen LogP contribution in [-0.2, 0) is 13.6 Å². The van der Waals surface area contributed by atoms with E-state index >= 15 is 0 Å². The average molecular weight is 289 g/mol. The van der Waals surface area contributed by atoms with Crippen LogP contribution in [0.4, 0.5) is 0 Å². The summed E-state index contributed by atoms with van der Waals surface area (Å²) in [6, 6.07) is 8.60. The molecule has 0 radical (unpaired) electrons. The predicted octanol–water partition coefficient (Wildman–Crippen LogP) is 3.58. The Morgan fingerprint density at radius 1 is 0.905 bits per heavy atom. The van der Waals surface area contributed by atoms with Crippen molar-refractivity contribution in [2.75, 3.05) is 6.61 Å². The summed E-state index contributed by atoms with van der Waals surface area (Å²) in [6.45, 7) is 1.47. The lowest BCUT2D eigenvalue weighted by atomic mass is 10.1. The molecule has 0 bridgehead atoms. The lowest BCUT2D eigenvalue weighted by Crippen LogP contribution is -2.25. The lowest BCUT2D eigenvalue weighted by molar-refractivity contribution is -0.645. The zero-order valence-electron chi connectivity index (χ0n) is 13.3. The van der Waals surface area contributed by atoms with Gasteiger partial charge in [-0.2, -0.15) is 0 Å². The summed E-state index contributed by atoms with van der Waals surface area (Å²) >= 11 is 0. The third-order valence-electron chi connectivity index (χ3n) is 4.19. The van der Waals surface area contributed by atoms with Gasteiger partial charge in [-0.25, -0.2) is 9.13 Å². The normalized spacial score (nSPS) is 11.3. The van der Waals surface area contributed by atoms with Gasteiger partial charge >= 0.3 is 0 Å². The van der Waals surface area contributed by atoms with Crippen molar-refractivity contribution in [2.45, 2.75) is 57.9 Å². The van der Waals surface area contributed by atoms with Crippen LogP contribution in [0.25, 0.3) is 11.0 Å². The fourth-order valence-corrected chi connectivity index (χ4v) is 2.97. The Morgan fingerprint density at radius 3 is 2.24 bits per heavy atom.